The fourth-order valence-corrected chi connectivity index (χ4v) is 9.32. The van der Waals surface area contributed by atoms with Crippen LogP contribution in [0.25, 0.3) is 72.3 Å². The number of imidazole rings is 1. The second-order valence-electron chi connectivity index (χ2n) is 22.6. The van der Waals surface area contributed by atoms with E-state index in [1.54, 1.807) is 0 Å². The highest BCUT2D eigenvalue weighted by atomic mass is 16.5. The second kappa shape index (κ2) is 17.3. The quantitative estimate of drug-likeness (QED) is 0.112. The summed E-state index contributed by atoms with van der Waals surface area (Å²) in [5.41, 5.74) is 9.16. The van der Waals surface area contributed by atoms with E-state index in [0.717, 1.165) is 49.9 Å². The minimum Gasteiger partial charge on any atom is -0.458 e. The zero-order chi connectivity index (χ0) is 55.5. The number of aromatic nitrogens is 4. The third-order valence-electron chi connectivity index (χ3n) is 13.0. The van der Waals surface area contributed by atoms with E-state index in [1.807, 2.05) is 109 Å². The van der Waals surface area contributed by atoms with Gasteiger partial charge in [0, 0.05) is 25.8 Å². The topological polar surface area (TPSA) is 35.9 Å². The predicted octanol–water partition coefficient (Wildman–Crippen LogP) is 16.8. The van der Waals surface area contributed by atoms with Gasteiger partial charge in [-0.3, -0.25) is 13.7 Å². The van der Waals surface area contributed by atoms with E-state index in [4.69, 9.17) is 13.8 Å². The summed E-state index contributed by atoms with van der Waals surface area (Å²) in [5, 5.41) is 2.17. The van der Waals surface area contributed by atoms with Crippen molar-refractivity contribution < 1.29 is 18.9 Å². The Bertz CT molecular complexity index is 3930. The molecule has 0 fully saturated rings. The van der Waals surface area contributed by atoms with E-state index in [0.29, 0.717) is 45.0 Å². The molecule has 352 valence electrons. The highest BCUT2D eigenvalue weighted by Gasteiger charge is 2.26. The first-order valence-electron chi connectivity index (χ1n) is 27.7. The van der Waals surface area contributed by atoms with Crippen molar-refractivity contribution in [3.8, 4) is 50.9 Å². The van der Waals surface area contributed by atoms with Crippen molar-refractivity contribution in [1.29, 1.82) is 0 Å². The number of ether oxygens (including phenoxy) is 1. The first kappa shape index (κ1) is 38.6. The largest absolute Gasteiger partial charge is 0.458 e. The van der Waals surface area contributed by atoms with Crippen molar-refractivity contribution in [3.05, 3.63) is 198 Å². The lowest BCUT2D eigenvalue weighted by Crippen LogP contribution is -2.31. The van der Waals surface area contributed by atoms with Crippen molar-refractivity contribution in [1.82, 2.24) is 14.1 Å². The minimum atomic E-state index is -1.76. The summed E-state index contributed by atoms with van der Waals surface area (Å²) in [6.45, 7) is 25.4. The average molecular weight is 926 g/mol. The fourth-order valence-electron chi connectivity index (χ4n) is 9.32. The van der Waals surface area contributed by atoms with E-state index < -0.39 is 29.9 Å². The molecule has 0 spiro atoms. The van der Waals surface area contributed by atoms with Crippen molar-refractivity contribution >= 4 is 32.8 Å². The van der Waals surface area contributed by atoms with Crippen LogP contribution in [0.4, 0.5) is 0 Å². The van der Waals surface area contributed by atoms with Crippen LogP contribution in [0.5, 0.6) is 11.5 Å². The van der Waals surface area contributed by atoms with Crippen molar-refractivity contribution in [2.45, 2.75) is 106 Å². The molecule has 0 aliphatic rings. The number of para-hydroxylation sites is 2. The molecule has 0 aliphatic carbocycles. The Labute approximate surface area is 424 Å². The molecule has 0 radical (unpaired) electrons. The third kappa shape index (κ3) is 9.06. The van der Waals surface area contributed by atoms with E-state index in [9.17, 15) is 5.48 Å². The predicted molar refractivity (Wildman–Crippen MR) is 292 cm³/mol. The number of nitrogens with zero attached hydrogens (tertiary/aromatic N) is 4. The van der Waals surface area contributed by atoms with Crippen LogP contribution in [-0.4, -0.2) is 14.1 Å². The molecule has 5 nitrogen and oxygen atoms in total. The number of hydrogen-bond donors (Lipinski definition) is 0. The van der Waals surface area contributed by atoms with Gasteiger partial charge >= 0.3 is 0 Å². The maximum Gasteiger partial charge on any atom is 0.269 e. The summed E-state index contributed by atoms with van der Waals surface area (Å²) in [4.78, 5) is 4.88. The highest BCUT2D eigenvalue weighted by molar-refractivity contribution is 6.09. The van der Waals surface area contributed by atoms with Gasteiger partial charge in [0.1, 0.15) is 17.3 Å². The first-order valence-corrected chi connectivity index (χ1v) is 24.2. The monoisotopic (exact) mass is 926 g/mol. The Morgan fingerprint density at radius 3 is 1.93 bits per heavy atom. The van der Waals surface area contributed by atoms with Gasteiger partial charge in [0.2, 0.25) is 0 Å². The molecule has 0 saturated heterocycles. The normalized spacial score (nSPS) is 14.3. The molecule has 70 heavy (non-hydrogen) atoms. The highest BCUT2D eigenvalue weighted by Crippen LogP contribution is 2.40. The molecule has 0 atom stereocenters. The van der Waals surface area contributed by atoms with Gasteiger partial charge in [-0.15, -0.1) is 0 Å². The van der Waals surface area contributed by atoms with E-state index in [-0.39, 0.29) is 33.9 Å². The number of benzene rings is 7. The molecule has 0 aliphatic heterocycles. The number of rotatable bonds is 8. The Morgan fingerprint density at radius 2 is 1.23 bits per heavy atom. The maximum atomic E-state index is 9.46. The zero-order valence-electron chi connectivity index (χ0n) is 49.5. The van der Waals surface area contributed by atoms with Crippen molar-refractivity contribution in [2.24, 2.45) is 5.41 Å². The van der Waals surface area contributed by atoms with Crippen LogP contribution in [0.15, 0.2) is 170 Å². The first-order chi connectivity index (χ1) is 36.0. The molecule has 3 aromatic heterocycles. The fraction of sp³-hybridized carbons (Fsp3) is 0.262. The van der Waals surface area contributed by atoms with E-state index in [2.05, 4.69) is 134 Å². The van der Waals surface area contributed by atoms with Crippen LogP contribution in [0.3, 0.4) is 0 Å². The third-order valence-corrected chi connectivity index (χ3v) is 13.0. The molecular formula is C65H66N4O. The SMILES string of the molecule is [2H]c1c([2H])c([2H])c(-c2cccc(-c3cc(C(C)(C)C)cc(C(C)(C)C)c3)c2-[n+]2[c-]n(-c3cccc(Oc4ccc5c6ccccc6n(-c6cc(C(C)(C)C)ccn6)c5c4)c3)c3cc(C([2H])([2H])C(C)(C)C)ccc32)c([2H])c1[2H]. The van der Waals surface area contributed by atoms with Crippen LogP contribution >= 0.6 is 0 Å². The molecule has 10 rings (SSSR count). The Kier molecular flexibility index (Phi) is 9.54. The molecule has 7 aromatic carbocycles. The minimum absolute atomic E-state index is 0.0578. The number of pyridine rings is 1. The molecule has 0 amide bonds. The maximum absolute atomic E-state index is 9.46. The van der Waals surface area contributed by atoms with Gasteiger partial charge in [-0.2, -0.15) is 0 Å². The molecule has 3 heterocycles. The van der Waals surface area contributed by atoms with Gasteiger partial charge in [0.05, 0.1) is 40.3 Å². The summed E-state index contributed by atoms with van der Waals surface area (Å²) in [5.74, 6) is 1.98. The summed E-state index contributed by atoms with van der Waals surface area (Å²) in [7, 11) is 0. The van der Waals surface area contributed by atoms with E-state index >= 15 is 0 Å². The van der Waals surface area contributed by atoms with Crippen molar-refractivity contribution in [3.63, 3.8) is 0 Å². The van der Waals surface area contributed by atoms with Crippen molar-refractivity contribution in [2.75, 3.05) is 0 Å². The van der Waals surface area contributed by atoms with Gasteiger partial charge in [0.15, 0.2) is 0 Å². The number of hydrogen-bond acceptors (Lipinski definition) is 2. The molecule has 0 unspecified atom stereocenters. The average Bonchev–Trinajstić information content (AvgIpc) is 4.14. The van der Waals surface area contributed by atoms with Gasteiger partial charge in [-0.25, -0.2) is 4.98 Å². The lowest BCUT2D eigenvalue weighted by atomic mass is 9.78. The van der Waals surface area contributed by atoms with Gasteiger partial charge in [-0.05, 0) is 122 Å². The van der Waals surface area contributed by atoms with Crippen LogP contribution < -0.4 is 9.30 Å². The van der Waals surface area contributed by atoms with Crippen LogP contribution in [0, 0.1) is 11.7 Å². The lowest BCUT2D eigenvalue weighted by molar-refractivity contribution is -0.571. The van der Waals surface area contributed by atoms with Crippen LogP contribution in [0.1, 0.15) is 115 Å². The Hall–Kier alpha value is -7.24. The van der Waals surface area contributed by atoms with Crippen LogP contribution in [0.2, 0.25) is 0 Å². The number of fused-ring (bicyclic) bond motifs is 4. The van der Waals surface area contributed by atoms with Gasteiger partial charge < -0.3 is 4.74 Å². The van der Waals surface area contributed by atoms with Gasteiger partial charge in [-0.1, -0.05) is 192 Å². The molecule has 5 heteroatoms. The molecule has 10 aromatic rings. The molecule has 0 saturated carbocycles. The zero-order valence-corrected chi connectivity index (χ0v) is 42.5. The second-order valence-corrected chi connectivity index (χ2v) is 22.6. The molecule has 0 bridgehead atoms. The van der Waals surface area contributed by atoms with E-state index in [1.165, 1.54) is 5.56 Å². The molecular weight excluding hydrogens is 853 g/mol. The Balaban J connectivity index is 1.21. The smallest absolute Gasteiger partial charge is 0.269 e. The van der Waals surface area contributed by atoms with Crippen LogP contribution in [-0.2, 0) is 22.6 Å². The summed E-state index contributed by atoms with van der Waals surface area (Å²) in [6, 6.07) is 42.3. The summed E-state index contributed by atoms with van der Waals surface area (Å²) < 4.78 is 76.5. The summed E-state index contributed by atoms with van der Waals surface area (Å²) in [6.07, 6.45) is 3.80. The standard InChI is InChI=1S/C65H66N4O/c1-62(2,3)41-43-28-31-57-59(34-43)67(42-68(57)61-52(44-20-14-13-15-21-44)25-19-26-53(61)45-35-47(64(7,8)9)37-48(36-45)65(10,11)12)49-22-18-23-50(39-49)70-51-29-30-55-54-24-16-17-27-56(54)69(58(55)40-51)60-38-46(32-33-66-60)63(4,5)6/h13-40H,41H2,1-12H3/i13D,14D,15D,20D,21D,41D2. The Morgan fingerprint density at radius 1 is 0.571 bits per heavy atom. The van der Waals surface area contributed by atoms with Gasteiger partial charge in [0.25, 0.3) is 6.33 Å². The lowest BCUT2D eigenvalue weighted by Gasteiger charge is -2.27. The molecule has 0 N–H and O–H groups in total. The summed E-state index contributed by atoms with van der Waals surface area (Å²) >= 11 is 0.